The minimum Gasteiger partial charge on any atom is -0.454 e. The average molecular weight is 267 g/mol. The number of hydrogen-bond donors (Lipinski definition) is 0. The maximum absolute atomic E-state index is 12.4. The molecular weight excluding hydrogens is 258 g/mol. The van der Waals surface area contributed by atoms with E-state index in [4.69, 9.17) is 19.5 Å². The van der Waals surface area contributed by atoms with Crippen molar-refractivity contribution in [1.82, 2.24) is 0 Å². The monoisotopic (exact) mass is 267 g/mol. The van der Waals surface area contributed by atoms with E-state index in [0.717, 1.165) is 0 Å². The summed E-state index contributed by atoms with van der Waals surface area (Å²) in [5, 5.41) is 9.06. The molecule has 0 amide bonds. The van der Waals surface area contributed by atoms with Crippen molar-refractivity contribution in [2.45, 2.75) is 9.64 Å². The first-order valence-corrected chi connectivity index (χ1v) is 6.71. The molecule has 0 radical (unpaired) electrons. The molecule has 0 spiro atoms. The Balaban J connectivity index is 2.07. The number of sulfone groups is 1. The van der Waals surface area contributed by atoms with Crippen LogP contribution in [0.25, 0.3) is 0 Å². The highest BCUT2D eigenvalue weighted by atomic mass is 32.2. The summed E-state index contributed by atoms with van der Waals surface area (Å²) in [6.07, 6.45) is 0. The van der Waals surface area contributed by atoms with Gasteiger partial charge < -0.3 is 14.2 Å². The second kappa shape index (κ2) is 3.60. The van der Waals surface area contributed by atoms with E-state index in [2.05, 4.69) is 0 Å². The van der Waals surface area contributed by atoms with Crippen molar-refractivity contribution in [2.24, 2.45) is 0 Å². The Labute approximate surface area is 104 Å². The zero-order valence-corrected chi connectivity index (χ0v) is 10.1. The van der Waals surface area contributed by atoms with Gasteiger partial charge in [-0.05, 0) is 12.1 Å². The van der Waals surface area contributed by atoms with Gasteiger partial charge in [0.1, 0.15) is 0 Å². The number of hydrogen-bond acceptors (Lipinski definition) is 6. The molecule has 2 heterocycles. The van der Waals surface area contributed by atoms with Gasteiger partial charge in [-0.1, -0.05) is 0 Å². The van der Waals surface area contributed by atoms with Crippen molar-refractivity contribution in [3.05, 3.63) is 18.2 Å². The van der Waals surface area contributed by atoms with Crippen LogP contribution in [0.15, 0.2) is 23.1 Å². The van der Waals surface area contributed by atoms with E-state index in [-0.39, 0.29) is 24.9 Å². The minimum absolute atomic E-state index is 0.0524. The highest BCUT2D eigenvalue weighted by Crippen LogP contribution is 2.38. The molecule has 0 unspecified atom stereocenters. The third-order valence-electron chi connectivity index (χ3n) is 3.04. The van der Waals surface area contributed by atoms with E-state index in [9.17, 15) is 8.42 Å². The topological polar surface area (TPSA) is 85.6 Å². The molecule has 0 aromatic heterocycles. The second-order valence-electron chi connectivity index (χ2n) is 4.12. The summed E-state index contributed by atoms with van der Waals surface area (Å²) >= 11 is 0. The predicted octanol–water partition coefficient (Wildman–Crippen LogP) is 0.482. The molecule has 1 saturated heterocycles. The molecule has 18 heavy (non-hydrogen) atoms. The van der Waals surface area contributed by atoms with Gasteiger partial charge in [0.15, 0.2) is 11.5 Å². The summed E-state index contributed by atoms with van der Waals surface area (Å²) in [5.74, 6) is 0.884. The molecule has 0 aliphatic carbocycles. The van der Waals surface area contributed by atoms with Crippen LogP contribution in [-0.4, -0.2) is 33.2 Å². The summed E-state index contributed by atoms with van der Waals surface area (Å²) in [4.78, 5) is 0.0524. The zero-order chi connectivity index (χ0) is 12.8. The Hall–Kier alpha value is -1.78. The largest absolute Gasteiger partial charge is 0.454 e. The molecule has 1 aromatic rings. The fourth-order valence-corrected chi connectivity index (χ4v) is 3.39. The molecule has 94 valence electrons. The molecule has 3 rings (SSSR count). The number of nitriles is 1. The molecule has 0 atom stereocenters. The maximum Gasteiger partial charge on any atom is 0.231 e. The molecule has 1 fully saturated rings. The molecule has 0 bridgehead atoms. The summed E-state index contributed by atoms with van der Waals surface area (Å²) in [7, 11) is -3.76. The molecule has 0 N–H and O–H groups in total. The van der Waals surface area contributed by atoms with Crippen LogP contribution in [0.4, 0.5) is 0 Å². The van der Waals surface area contributed by atoms with Crippen molar-refractivity contribution in [3.8, 4) is 17.6 Å². The normalized spacial score (nSPS) is 19.9. The lowest BCUT2D eigenvalue weighted by atomic mass is 10.1. The third-order valence-corrected chi connectivity index (χ3v) is 5.27. The number of rotatable bonds is 2. The lowest BCUT2D eigenvalue weighted by Crippen LogP contribution is -2.54. The quantitative estimate of drug-likeness (QED) is 0.774. The molecule has 2 aliphatic rings. The SMILES string of the molecule is N#CC1(S(=O)(=O)c2ccc3c(c2)OCO3)COC1. The summed E-state index contributed by atoms with van der Waals surface area (Å²) in [6.45, 7) is -0.119. The van der Waals surface area contributed by atoms with Crippen molar-refractivity contribution in [1.29, 1.82) is 5.26 Å². The van der Waals surface area contributed by atoms with E-state index in [1.165, 1.54) is 18.2 Å². The summed E-state index contributed by atoms with van der Waals surface area (Å²) in [5.41, 5.74) is 0. The first-order chi connectivity index (χ1) is 8.59. The van der Waals surface area contributed by atoms with E-state index in [0.29, 0.717) is 11.5 Å². The van der Waals surface area contributed by atoms with Crippen molar-refractivity contribution < 1.29 is 22.6 Å². The molecule has 0 saturated carbocycles. The van der Waals surface area contributed by atoms with Gasteiger partial charge in [-0.15, -0.1) is 0 Å². The Kier molecular flexibility index (Phi) is 2.27. The fraction of sp³-hybridized carbons (Fsp3) is 0.364. The van der Waals surface area contributed by atoms with Gasteiger partial charge >= 0.3 is 0 Å². The fourth-order valence-electron chi connectivity index (χ4n) is 1.84. The van der Waals surface area contributed by atoms with Crippen LogP contribution in [0.2, 0.25) is 0 Å². The highest BCUT2D eigenvalue weighted by molar-refractivity contribution is 7.93. The van der Waals surface area contributed by atoms with Gasteiger partial charge in [-0.3, -0.25) is 0 Å². The van der Waals surface area contributed by atoms with E-state index >= 15 is 0 Å². The van der Waals surface area contributed by atoms with Gasteiger partial charge in [0.25, 0.3) is 0 Å². The average Bonchev–Trinajstić information content (AvgIpc) is 2.74. The number of nitrogens with zero attached hydrogens (tertiary/aromatic N) is 1. The molecule has 1 aromatic carbocycles. The molecular formula is C11H9NO5S. The Morgan fingerprint density at radius 2 is 1.94 bits per heavy atom. The molecule has 6 nitrogen and oxygen atoms in total. The van der Waals surface area contributed by atoms with Crippen LogP contribution in [-0.2, 0) is 14.6 Å². The predicted molar refractivity (Wildman–Crippen MR) is 58.9 cm³/mol. The summed E-state index contributed by atoms with van der Waals surface area (Å²) < 4.78 is 38.4. The molecule has 2 aliphatic heterocycles. The highest BCUT2D eigenvalue weighted by Gasteiger charge is 2.52. The van der Waals surface area contributed by atoms with Gasteiger partial charge in [-0.2, -0.15) is 5.26 Å². The molecule has 7 heteroatoms. The first kappa shape index (κ1) is 11.3. The van der Waals surface area contributed by atoms with Gasteiger partial charge in [0.05, 0.1) is 24.2 Å². The van der Waals surface area contributed by atoms with Crippen LogP contribution in [0, 0.1) is 11.3 Å². The van der Waals surface area contributed by atoms with Crippen molar-refractivity contribution in [3.63, 3.8) is 0 Å². The van der Waals surface area contributed by atoms with Gasteiger partial charge in [0.2, 0.25) is 21.4 Å². The smallest absolute Gasteiger partial charge is 0.231 e. The first-order valence-electron chi connectivity index (χ1n) is 5.22. The third kappa shape index (κ3) is 1.33. The maximum atomic E-state index is 12.4. The lowest BCUT2D eigenvalue weighted by Gasteiger charge is -2.34. The van der Waals surface area contributed by atoms with Gasteiger partial charge in [-0.25, -0.2) is 8.42 Å². The van der Waals surface area contributed by atoms with E-state index in [1.807, 2.05) is 6.07 Å². The van der Waals surface area contributed by atoms with E-state index < -0.39 is 14.6 Å². The van der Waals surface area contributed by atoms with Crippen LogP contribution in [0.1, 0.15) is 0 Å². The van der Waals surface area contributed by atoms with E-state index in [1.54, 1.807) is 0 Å². The van der Waals surface area contributed by atoms with Crippen molar-refractivity contribution >= 4 is 9.84 Å². The summed E-state index contributed by atoms with van der Waals surface area (Å²) in [6, 6.07) is 6.16. The Morgan fingerprint density at radius 1 is 1.22 bits per heavy atom. The number of ether oxygens (including phenoxy) is 3. The second-order valence-corrected chi connectivity index (χ2v) is 6.38. The number of fused-ring (bicyclic) bond motifs is 1. The number of benzene rings is 1. The van der Waals surface area contributed by atoms with Crippen LogP contribution < -0.4 is 9.47 Å². The van der Waals surface area contributed by atoms with Crippen LogP contribution in [0.5, 0.6) is 11.5 Å². The lowest BCUT2D eigenvalue weighted by molar-refractivity contribution is 0.0115. The van der Waals surface area contributed by atoms with Crippen LogP contribution >= 0.6 is 0 Å². The minimum atomic E-state index is -3.76. The van der Waals surface area contributed by atoms with Crippen LogP contribution in [0.3, 0.4) is 0 Å². The van der Waals surface area contributed by atoms with Gasteiger partial charge in [0, 0.05) is 6.07 Å². The zero-order valence-electron chi connectivity index (χ0n) is 9.25. The Morgan fingerprint density at radius 3 is 2.56 bits per heavy atom. The standard InChI is InChI=1S/C11H9NO5S/c12-4-11(5-15-6-11)18(13,14)8-1-2-9-10(3-8)17-7-16-9/h1-3H,5-7H2. The van der Waals surface area contributed by atoms with Crippen molar-refractivity contribution in [2.75, 3.05) is 20.0 Å². The Bertz CT molecular complexity index is 642.